The fraction of sp³-hybridized carbons (Fsp3) is 1.00. The molecule has 0 unspecified atom stereocenters. The molecule has 0 aromatic heterocycles. The lowest BCUT2D eigenvalue weighted by Gasteiger charge is -2.34. The van der Waals surface area contributed by atoms with E-state index in [9.17, 15) is 0 Å². The van der Waals surface area contributed by atoms with Gasteiger partial charge >= 0.3 is 8.25 Å². The fourth-order valence-corrected chi connectivity index (χ4v) is 2.91. The van der Waals surface area contributed by atoms with Crippen molar-refractivity contribution in [2.75, 3.05) is 0 Å². The second kappa shape index (κ2) is 14.4. The monoisotopic (exact) mass is 293 g/mol. The Morgan fingerprint density at radius 2 is 1.05 bits per heavy atom. The van der Waals surface area contributed by atoms with Crippen molar-refractivity contribution in [2.24, 2.45) is 5.41 Å². The van der Waals surface area contributed by atoms with Crippen molar-refractivity contribution in [1.82, 2.24) is 0 Å². The first-order valence-electron chi connectivity index (χ1n) is 7.83. The first-order chi connectivity index (χ1) is 8.97. The number of hydrogen-bond acceptors (Lipinski definition) is 1. The molecule has 2 N–H and O–H groups in total. The average Bonchev–Trinajstić information content (AvgIpc) is 2.34. The third kappa shape index (κ3) is 14.2. The van der Waals surface area contributed by atoms with Gasteiger partial charge in [-0.2, -0.15) is 0 Å². The summed E-state index contributed by atoms with van der Waals surface area (Å²) < 4.78 is 8.70. The fourth-order valence-electron chi connectivity index (χ4n) is 2.91. The number of unbranched alkanes of at least 4 members (excludes halogenated alkanes) is 2. The summed E-state index contributed by atoms with van der Waals surface area (Å²) in [6.45, 7) is 9.34. The summed E-state index contributed by atoms with van der Waals surface area (Å²) in [6, 6.07) is 0. The Hall–Kier alpha value is 0.0200. The molecule has 0 aliphatic carbocycles. The van der Waals surface area contributed by atoms with Gasteiger partial charge < -0.3 is 0 Å². The Bertz CT molecular complexity index is 188. The lowest BCUT2D eigenvalue weighted by Crippen LogP contribution is -2.20. The zero-order chi connectivity index (χ0) is 15.1. The summed E-state index contributed by atoms with van der Waals surface area (Å²) >= 11 is 0. The lowest BCUT2D eigenvalue weighted by molar-refractivity contribution is 0.184. The maximum atomic E-state index is 8.70. The van der Waals surface area contributed by atoms with Gasteiger partial charge in [0.15, 0.2) is 0 Å². The summed E-state index contributed by atoms with van der Waals surface area (Å²) in [4.78, 5) is 14.2. The SMILES string of the molecule is CCCCC(CCC)(CCC)CCCC.O=[P+](O)O. The van der Waals surface area contributed by atoms with E-state index in [0.29, 0.717) is 5.41 Å². The smallest absolute Gasteiger partial charge is 0.134 e. The van der Waals surface area contributed by atoms with E-state index >= 15 is 0 Å². The molecule has 0 bridgehead atoms. The van der Waals surface area contributed by atoms with Crippen LogP contribution in [0.3, 0.4) is 0 Å². The van der Waals surface area contributed by atoms with Crippen LogP contribution in [0.1, 0.15) is 91.9 Å². The normalized spacial score (nSPS) is 10.8. The van der Waals surface area contributed by atoms with Gasteiger partial charge in [-0.15, -0.1) is 9.79 Å². The van der Waals surface area contributed by atoms with Gasteiger partial charge in [-0.1, -0.05) is 66.2 Å². The second-order valence-corrected chi connectivity index (χ2v) is 5.97. The van der Waals surface area contributed by atoms with Gasteiger partial charge in [-0.05, 0) is 31.1 Å². The van der Waals surface area contributed by atoms with Crippen LogP contribution in [0.5, 0.6) is 0 Å². The summed E-state index contributed by atoms with van der Waals surface area (Å²) in [5, 5.41) is 0. The van der Waals surface area contributed by atoms with Gasteiger partial charge in [-0.25, -0.2) is 0 Å². The van der Waals surface area contributed by atoms with Crippen molar-refractivity contribution in [3.05, 3.63) is 0 Å². The van der Waals surface area contributed by atoms with Gasteiger partial charge in [0, 0.05) is 4.57 Å². The minimum atomic E-state index is -2.87. The van der Waals surface area contributed by atoms with Crippen LogP contribution in [0.4, 0.5) is 0 Å². The largest absolute Gasteiger partial charge is 0.692 e. The summed E-state index contributed by atoms with van der Waals surface area (Å²) in [5.74, 6) is 0. The van der Waals surface area contributed by atoms with E-state index in [0.717, 1.165) is 0 Å². The molecule has 19 heavy (non-hydrogen) atoms. The van der Waals surface area contributed by atoms with E-state index in [1.54, 1.807) is 0 Å². The molecule has 4 heteroatoms. The van der Waals surface area contributed by atoms with Gasteiger partial charge in [0.1, 0.15) is 0 Å². The Morgan fingerprint density at radius 1 is 0.737 bits per heavy atom. The third-order valence-electron chi connectivity index (χ3n) is 3.68. The van der Waals surface area contributed by atoms with Crippen LogP contribution in [0.25, 0.3) is 0 Å². The molecule has 0 aliphatic heterocycles. The van der Waals surface area contributed by atoms with Crippen LogP contribution in [0.2, 0.25) is 0 Å². The molecular formula is C15H34O3P+. The van der Waals surface area contributed by atoms with Gasteiger partial charge in [0.05, 0.1) is 0 Å². The minimum Gasteiger partial charge on any atom is -0.134 e. The van der Waals surface area contributed by atoms with Crippen molar-refractivity contribution >= 4 is 8.25 Å². The van der Waals surface area contributed by atoms with E-state index < -0.39 is 8.25 Å². The van der Waals surface area contributed by atoms with Crippen LogP contribution in [-0.2, 0) is 4.57 Å². The minimum absolute atomic E-state index is 0.704. The maximum absolute atomic E-state index is 8.70. The van der Waals surface area contributed by atoms with Crippen molar-refractivity contribution in [1.29, 1.82) is 0 Å². The zero-order valence-electron chi connectivity index (χ0n) is 13.3. The molecule has 0 saturated carbocycles. The lowest BCUT2D eigenvalue weighted by atomic mass is 9.72. The highest BCUT2D eigenvalue weighted by Crippen LogP contribution is 2.40. The maximum Gasteiger partial charge on any atom is 0.692 e. The molecule has 0 heterocycles. The second-order valence-electron chi connectivity index (χ2n) is 5.46. The van der Waals surface area contributed by atoms with Crippen molar-refractivity contribution in [3.63, 3.8) is 0 Å². The van der Waals surface area contributed by atoms with Gasteiger partial charge in [0.2, 0.25) is 0 Å². The highest BCUT2D eigenvalue weighted by Gasteiger charge is 2.26. The van der Waals surface area contributed by atoms with Crippen LogP contribution in [0.15, 0.2) is 0 Å². The standard InChI is InChI=1S/C15H32.HO3P/c1-5-9-13-15(11-7-3,12-8-4)14-10-6-2;1-4(2)3/h5-14H2,1-4H3;(H-,1,2,3)/p+1. The van der Waals surface area contributed by atoms with Crippen LogP contribution in [0, 0.1) is 5.41 Å². The number of hydrogen-bond donors (Lipinski definition) is 2. The highest BCUT2D eigenvalue weighted by atomic mass is 31.1. The van der Waals surface area contributed by atoms with Crippen molar-refractivity contribution < 1.29 is 14.4 Å². The molecule has 0 aromatic carbocycles. The quantitative estimate of drug-likeness (QED) is 0.517. The van der Waals surface area contributed by atoms with Gasteiger partial charge in [-0.3, -0.25) is 0 Å². The van der Waals surface area contributed by atoms with Crippen LogP contribution in [-0.4, -0.2) is 9.79 Å². The zero-order valence-corrected chi connectivity index (χ0v) is 14.2. The van der Waals surface area contributed by atoms with Crippen molar-refractivity contribution in [2.45, 2.75) is 91.9 Å². The highest BCUT2D eigenvalue weighted by molar-refractivity contribution is 7.30. The van der Waals surface area contributed by atoms with Gasteiger partial charge in [0.25, 0.3) is 0 Å². The van der Waals surface area contributed by atoms with E-state index in [4.69, 9.17) is 14.4 Å². The molecule has 116 valence electrons. The Balaban J connectivity index is 0. The van der Waals surface area contributed by atoms with E-state index in [1.807, 2.05) is 0 Å². The molecular weight excluding hydrogens is 259 g/mol. The molecule has 0 rings (SSSR count). The molecule has 0 aliphatic rings. The average molecular weight is 293 g/mol. The van der Waals surface area contributed by atoms with E-state index in [-0.39, 0.29) is 0 Å². The number of rotatable bonds is 10. The van der Waals surface area contributed by atoms with E-state index in [2.05, 4.69) is 27.7 Å². The molecule has 0 fully saturated rings. The predicted octanol–water partition coefficient (Wildman–Crippen LogP) is 5.58. The first kappa shape index (κ1) is 21.3. The third-order valence-corrected chi connectivity index (χ3v) is 3.68. The topological polar surface area (TPSA) is 57.5 Å². The Morgan fingerprint density at radius 3 is 1.26 bits per heavy atom. The summed E-state index contributed by atoms with van der Waals surface area (Å²) in [7, 11) is -2.87. The summed E-state index contributed by atoms with van der Waals surface area (Å²) in [5.41, 5.74) is 0.704. The van der Waals surface area contributed by atoms with Crippen LogP contribution < -0.4 is 0 Å². The van der Waals surface area contributed by atoms with E-state index in [1.165, 1.54) is 64.2 Å². The molecule has 0 radical (unpaired) electrons. The summed E-state index contributed by atoms with van der Waals surface area (Å²) in [6.07, 6.45) is 14.2. The predicted molar refractivity (Wildman–Crippen MR) is 83.3 cm³/mol. The Kier molecular flexibility index (Phi) is 16.2. The molecule has 0 saturated heterocycles. The molecule has 0 amide bonds. The first-order valence-corrected chi connectivity index (χ1v) is 8.99. The molecule has 0 spiro atoms. The molecule has 3 nitrogen and oxygen atoms in total. The van der Waals surface area contributed by atoms with Crippen LogP contribution >= 0.6 is 8.25 Å². The molecule has 0 atom stereocenters. The Labute approximate surface area is 120 Å². The van der Waals surface area contributed by atoms with Crippen molar-refractivity contribution in [3.8, 4) is 0 Å². The molecule has 0 aromatic rings.